The number of tetrazole rings is 1. The van der Waals surface area contributed by atoms with Gasteiger partial charge >= 0.3 is 0 Å². The summed E-state index contributed by atoms with van der Waals surface area (Å²) in [6, 6.07) is 0. The Morgan fingerprint density at radius 2 is 2.06 bits per heavy atom. The molecule has 7 nitrogen and oxygen atoms in total. The third kappa shape index (κ3) is 2.04. The van der Waals surface area contributed by atoms with Crippen LogP contribution >= 0.6 is 0 Å². The zero-order valence-electron chi connectivity index (χ0n) is 9.70. The molecule has 1 saturated carbocycles. The quantitative estimate of drug-likeness (QED) is 0.790. The van der Waals surface area contributed by atoms with Crippen molar-refractivity contribution in [2.75, 3.05) is 0 Å². The molecule has 2 aromatic rings. The minimum absolute atomic E-state index is 0.458. The topological polar surface area (TPSA) is 82.5 Å². The summed E-state index contributed by atoms with van der Waals surface area (Å²) in [6.45, 7) is 2.23. The highest BCUT2D eigenvalue weighted by molar-refractivity contribution is 4.97. The zero-order valence-corrected chi connectivity index (χ0v) is 9.70. The van der Waals surface area contributed by atoms with Crippen molar-refractivity contribution < 1.29 is 4.42 Å². The van der Waals surface area contributed by atoms with E-state index in [1.54, 1.807) is 11.6 Å². The van der Waals surface area contributed by atoms with Crippen LogP contribution < -0.4 is 0 Å². The molecule has 0 N–H and O–H groups in total. The Morgan fingerprint density at radius 3 is 2.76 bits per heavy atom. The molecule has 0 spiro atoms. The Labute approximate surface area is 98.2 Å². The third-order valence-electron chi connectivity index (χ3n) is 3.13. The van der Waals surface area contributed by atoms with Gasteiger partial charge in [-0.3, -0.25) is 0 Å². The Morgan fingerprint density at radius 1 is 1.24 bits per heavy atom. The SMILES string of the molecule is Cc1nnc(Cn2nnnc2C2CCCC2)o1. The summed E-state index contributed by atoms with van der Waals surface area (Å²) < 4.78 is 7.10. The van der Waals surface area contributed by atoms with E-state index in [1.165, 1.54) is 25.7 Å². The first kappa shape index (κ1) is 10.4. The van der Waals surface area contributed by atoms with Gasteiger partial charge in [-0.2, -0.15) is 0 Å². The molecule has 2 aromatic heterocycles. The minimum Gasteiger partial charge on any atom is -0.424 e. The number of hydrogen-bond acceptors (Lipinski definition) is 6. The summed E-state index contributed by atoms with van der Waals surface area (Å²) in [5.41, 5.74) is 0. The summed E-state index contributed by atoms with van der Waals surface area (Å²) in [7, 11) is 0. The van der Waals surface area contributed by atoms with Gasteiger partial charge < -0.3 is 4.42 Å². The van der Waals surface area contributed by atoms with Gasteiger partial charge in [0.1, 0.15) is 6.54 Å². The van der Waals surface area contributed by atoms with Crippen molar-refractivity contribution in [1.29, 1.82) is 0 Å². The van der Waals surface area contributed by atoms with Crippen molar-refractivity contribution in [1.82, 2.24) is 30.4 Å². The second-order valence-corrected chi connectivity index (χ2v) is 4.39. The fourth-order valence-electron chi connectivity index (χ4n) is 2.33. The summed E-state index contributed by atoms with van der Waals surface area (Å²) in [6.07, 6.45) is 4.86. The standard InChI is InChI=1S/C10H14N6O/c1-7-11-12-9(17-7)6-16-10(13-14-15-16)8-4-2-3-5-8/h8H,2-6H2,1H3. The molecule has 0 aromatic carbocycles. The average molecular weight is 234 g/mol. The molecule has 0 amide bonds. The maximum Gasteiger partial charge on any atom is 0.238 e. The lowest BCUT2D eigenvalue weighted by Crippen LogP contribution is -2.10. The van der Waals surface area contributed by atoms with Gasteiger partial charge in [-0.1, -0.05) is 12.8 Å². The summed E-state index contributed by atoms with van der Waals surface area (Å²) in [5.74, 6) is 2.54. The van der Waals surface area contributed by atoms with E-state index in [4.69, 9.17) is 4.42 Å². The van der Waals surface area contributed by atoms with Crippen LogP contribution in [0.4, 0.5) is 0 Å². The number of aromatic nitrogens is 6. The van der Waals surface area contributed by atoms with Crippen molar-refractivity contribution >= 4 is 0 Å². The molecule has 0 aliphatic heterocycles. The second-order valence-electron chi connectivity index (χ2n) is 4.39. The highest BCUT2D eigenvalue weighted by Crippen LogP contribution is 2.32. The number of rotatable bonds is 3. The molecule has 1 aliphatic rings. The summed E-state index contributed by atoms with van der Waals surface area (Å²) >= 11 is 0. The zero-order chi connectivity index (χ0) is 11.7. The van der Waals surface area contributed by atoms with Gasteiger partial charge in [0.2, 0.25) is 11.8 Å². The molecule has 1 fully saturated rings. The Balaban J connectivity index is 1.81. The van der Waals surface area contributed by atoms with Crippen LogP contribution in [0.3, 0.4) is 0 Å². The van der Waals surface area contributed by atoms with Crippen molar-refractivity contribution in [3.05, 3.63) is 17.6 Å². The minimum atomic E-state index is 0.458. The van der Waals surface area contributed by atoms with E-state index in [0.717, 1.165) is 5.82 Å². The van der Waals surface area contributed by atoms with E-state index in [2.05, 4.69) is 25.7 Å². The maximum atomic E-state index is 5.34. The monoisotopic (exact) mass is 234 g/mol. The molecular formula is C10H14N6O. The molecule has 17 heavy (non-hydrogen) atoms. The third-order valence-corrected chi connectivity index (χ3v) is 3.13. The smallest absolute Gasteiger partial charge is 0.238 e. The molecule has 0 radical (unpaired) electrons. The van der Waals surface area contributed by atoms with Gasteiger partial charge in [0, 0.05) is 12.8 Å². The Bertz CT molecular complexity index is 498. The van der Waals surface area contributed by atoms with Crippen molar-refractivity contribution in [3.63, 3.8) is 0 Å². The summed E-state index contributed by atoms with van der Waals surface area (Å²) in [4.78, 5) is 0. The molecule has 3 rings (SSSR count). The molecule has 7 heteroatoms. The van der Waals surface area contributed by atoms with Crippen LogP contribution in [-0.2, 0) is 6.54 Å². The lowest BCUT2D eigenvalue weighted by atomic mass is 10.1. The first-order valence-electron chi connectivity index (χ1n) is 5.88. The van der Waals surface area contributed by atoms with Crippen LogP contribution in [0.1, 0.15) is 49.2 Å². The fourth-order valence-corrected chi connectivity index (χ4v) is 2.33. The Kier molecular flexibility index (Phi) is 2.58. The lowest BCUT2D eigenvalue weighted by Gasteiger charge is -2.07. The van der Waals surface area contributed by atoms with Crippen LogP contribution in [-0.4, -0.2) is 30.4 Å². The van der Waals surface area contributed by atoms with Gasteiger partial charge in [-0.05, 0) is 23.3 Å². The van der Waals surface area contributed by atoms with E-state index in [9.17, 15) is 0 Å². The fraction of sp³-hybridized carbons (Fsp3) is 0.700. The number of aryl methyl sites for hydroxylation is 1. The average Bonchev–Trinajstić information content (AvgIpc) is 3.00. The molecule has 0 bridgehead atoms. The van der Waals surface area contributed by atoms with Gasteiger partial charge in [0.25, 0.3) is 0 Å². The molecule has 1 aliphatic carbocycles. The van der Waals surface area contributed by atoms with Crippen LogP contribution in [0.25, 0.3) is 0 Å². The highest BCUT2D eigenvalue weighted by atomic mass is 16.4. The van der Waals surface area contributed by atoms with Gasteiger partial charge in [-0.15, -0.1) is 15.3 Å². The van der Waals surface area contributed by atoms with Crippen molar-refractivity contribution in [3.8, 4) is 0 Å². The first-order chi connectivity index (χ1) is 8.33. The van der Waals surface area contributed by atoms with Gasteiger partial charge in [0.15, 0.2) is 5.82 Å². The second kappa shape index (κ2) is 4.23. The van der Waals surface area contributed by atoms with Gasteiger partial charge in [0.05, 0.1) is 0 Å². The molecule has 0 atom stereocenters. The largest absolute Gasteiger partial charge is 0.424 e. The van der Waals surface area contributed by atoms with E-state index in [1.807, 2.05) is 0 Å². The van der Waals surface area contributed by atoms with Crippen molar-refractivity contribution in [2.24, 2.45) is 0 Å². The van der Waals surface area contributed by atoms with Crippen LogP contribution in [0.2, 0.25) is 0 Å². The van der Waals surface area contributed by atoms with E-state index in [-0.39, 0.29) is 0 Å². The number of hydrogen-bond donors (Lipinski definition) is 0. The molecular weight excluding hydrogens is 220 g/mol. The number of nitrogens with zero attached hydrogens (tertiary/aromatic N) is 6. The predicted molar refractivity (Wildman–Crippen MR) is 57.2 cm³/mol. The van der Waals surface area contributed by atoms with Crippen LogP contribution in [0.5, 0.6) is 0 Å². The lowest BCUT2D eigenvalue weighted by molar-refractivity contribution is 0.431. The van der Waals surface area contributed by atoms with E-state index < -0.39 is 0 Å². The molecule has 0 unspecified atom stereocenters. The molecule has 90 valence electrons. The molecule has 0 saturated heterocycles. The van der Waals surface area contributed by atoms with E-state index in [0.29, 0.717) is 24.2 Å². The van der Waals surface area contributed by atoms with Crippen LogP contribution in [0.15, 0.2) is 4.42 Å². The van der Waals surface area contributed by atoms with Crippen LogP contribution in [0, 0.1) is 6.92 Å². The molecule has 2 heterocycles. The Hall–Kier alpha value is -1.79. The highest BCUT2D eigenvalue weighted by Gasteiger charge is 2.23. The first-order valence-corrected chi connectivity index (χ1v) is 5.88. The summed E-state index contributed by atoms with van der Waals surface area (Å²) in [5, 5.41) is 19.6. The normalized spacial score (nSPS) is 16.8. The maximum absolute atomic E-state index is 5.34. The van der Waals surface area contributed by atoms with Crippen molar-refractivity contribution in [2.45, 2.75) is 45.1 Å². The predicted octanol–water partition coefficient (Wildman–Crippen LogP) is 1.07. The van der Waals surface area contributed by atoms with Gasteiger partial charge in [-0.25, -0.2) is 4.68 Å². The van der Waals surface area contributed by atoms with E-state index >= 15 is 0 Å².